The van der Waals surface area contributed by atoms with Crippen LogP contribution in [0.4, 0.5) is 11.4 Å². The number of amides is 2. The van der Waals surface area contributed by atoms with Crippen molar-refractivity contribution in [2.45, 2.75) is 18.6 Å². The van der Waals surface area contributed by atoms with Crippen molar-refractivity contribution in [3.8, 4) is 0 Å². The summed E-state index contributed by atoms with van der Waals surface area (Å²) in [7, 11) is 0. The highest BCUT2D eigenvalue weighted by atomic mass is 32.2. The summed E-state index contributed by atoms with van der Waals surface area (Å²) in [5.41, 5.74) is 1.06. The molecule has 3 rings (SSSR count). The van der Waals surface area contributed by atoms with Crippen molar-refractivity contribution in [1.82, 2.24) is 9.55 Å². The van der Waals surface area contributed by atoms with Crippen molar-refractivity contribution in [1.29, 1.82) is 0 Å². The van der Waals surface area contributed by atoms with E-state index in [0.29, 0.717) is 28.8 Å². The van der Waals surface area contributed by atoms with Crippen molar-refractivity contribution in [3.05, 3.63) is 46.9 Å². The van der Waals surface area contributed by atoms with Crippen LogP contribution < -0.4 is 16.2 Å². The largest absolute Gasteiger partial charge is 0.326 e. The van der Waals surface area contributed by atoms with Crippen LogP contribution in [0.15, 0.2) is 46.5 Å². The number of nitrogens with zero attached hydrogens (tertiary/aromatic N) is 2. The van der Waals surface area contributed by atoms with Gasteiger partial charge in [-0.25, -0.2) is 4.98 Å². The van der Waals surface area contributed by atoms with Gasteiger partial charge >= 0.3 is 0 Å². The van der Waals surface area contributed by atoms with Crippen molar-refractivity contribution in [3.63, 3.8) is 0 Å². The molecule has 1 aromatic carbocycles. The second kappa shape index (κ2) is 6.88. The third kappa shape index (κ3) is 3.65. The highest BCUT2D eigenvalue weighted by Crippen LogP contribution is 2.25. The van der Waals surface area contributed by atoms with E-state index >= 15 is 0 Å². The van der Waals surface area contributed by atoms with E-state index < -0.39 is 0 Å². The fourth-order valence-corrected chi connectivity index (χ4v) is 3.49. The molecule has 0 saturated heterocycles. The average Bonchev–Trinajstić information content (AvgIpc) is 2.54. The minimum Gasteiger partial charge on any atom is -0.326 e. The number of carbonyl (C=O) groups is 2. The number of benzene rings is 1. The smallest absolute Gasteiger partial charge is 0.254 e. The molecule has 1 aliphatic rings. The number of hydrogen-bond donors (Lipinski definition) is 2. The lowest BCUT2D eigenvalue weighted by molar-refractivity contribution is -0.119. The quantitative estimate of drug-likeness (QED) is 0.824. The van der Waals surface area contributed by atoms with E-state index in [0.717, 1.165) is 0 Å². The van der Waals surface area contributed by atoms with Crippen LogP contribution in [0.25, 0.3) is 0 Å². The van der Waals surface area contributed by atoms with Gasteiger partial charge in [-0.3, -0.25) is 19.0 Å². The molecule has 2 amide bonds. The molecule has 0 saturated carbocycles. The van der Waals surface area contributed by atoms with E-state index in [2.05, 4.69) is 15.6 Å². The third-order valence-corrected chi connectivity index (χ3v) is 4.69. The van der Waals surface area contributed by atoms with E-state index in [1.165, 1.54) is 35.5 Å². The van der Waals surface area contributed by atoms with Crippen LogP contribution >= 0.6 is 11.8 Å². The molecule has 0 bridgehead atoms. The maximum atomic E-state index is 12.5. The normalized spacial score (nSPS) is 16.1. The molecule has 1 aliphatic heterocycles. The number of anilines is 2. The van der Waals surface area contributed by atoms with E-state index in [1.807, 2.05) is 0 Å². The maximum absolute atomic E-state index is 12.5. The van der Waals surface area contributed by atoms with E-state index in [9.17, 15) is 14.4 Å². The summed E-state index contributed by atoms with van der Waals surface area (Å²) in [6, 6.07) is 8.33. The van der Waals surface area contributed by atoms with Gasteiger partial charge in [0.05, 0.1) is 5.92 Å². The highest BCUT2D eigenvalue weighted by molar-refractivity contribution is 7.99. The van der Waals surface area contributed by atoms with Crippen LogP contribution in [0.1, 0.15) is 6.92 Å². The summed E-state index contributed by atoms with van der Waals surface area (Å²) >= 11 is 1.40. The number of nitrogens with one attached hydrogen (secondary N) is 2. The van der Waals surface area contributed by atoms with Gasteiger partial charge in [0.15, 0.2) is 5.16 Å². The number of fused-ring (bicyclic) bond motifs is 1. The molecule has 0 fully saturated rings. The molecule has 8 heteroatoms. The van der Waals surface area contributed by atoms with Gasteiger partial charge in [-0.15, -0.1) is 0 Å². The van der Waals surface area contributed by atoms with Crippen LogP contribution in [-0.4, -0.2) is 27.1 Å². The topological polar surface area (TPSA) is 93.1 Å². The molecular formula is C16H16N4O3S. The zero-order valence-electron chi connectivity index (χ0n) is 13.0. The molecule has 0 radical (unpaired) electrons. The monoisotopic (exact) mass is 344 g/mol. The second-order valence-electron chi connectivity index (χ2n) is 5.44. The van der Waals surface area contributed by atoms with Gasteiger partial charge in [0, 0.05) is 42.9 Å². The zero-order valence-corrected chi connectivity index (χ0v) is 13.8. The molecule has 124 valence electrons. The van der Waals surface area contributed by atoms with Gasteiger partial charge in [-0.2, -0.15) is 0 Å². The number of carbonyl (C=O) groups excluding carboxylic acids is 2. The molecule has 24 heavy (non-hydrogen) atoms. The summed E-state index contributed by atoms with van der Waals surface area (Å²) in [4.78, 5) is 39.6. The van der Waals surface area contributed by atoms with Gasteiger partial charge in [0.1, 0.15) is 0 Å². The van der Waals surface area contributed by atoms with E-state index in [4.69, 9.17) is 0 Å². The minimum absolute atomic E-state index is 0.155. The van der Waals surface area contributed by atoms with Gasteiger partial charge in [0.25, 0.3) is 5.56 Å². The molecular weight excluding hydrogens is 328 g/mol. The lowest BCUT2D eigenvalue weighted by Crippen LogP contribution is -2.36. The Balaban J connectivity index is 1.71. The lowest BCUT2D eigenvalue weighted by atomic mass is 10.1. The van der Waals surface area contributed by atoms with Crippen molar-refractivity contribution in [2.24, 2.45) is 5.92 Å². The van der Waals surface area contributed by atoms with Gasteiger partial charge < -0.3 is 10.6 Å². The first-order chi connectivity index (χ1) is 11.5. The van der Waals surface area contributed by atoms with Gasteiger partial charge in [-0.1, -0.05) is 17.8 Å². The summed E-state index contributed by atoms with van der Waals surface area (Å²) in [6.07, 6.45) is 1.48. The van der Waals surface area contributed by atoms with E-state index in [-0.39, 0.29) is 23.3 Å². The predicted octanol–water partition coefficient (Wildman–Crippen LogP) is 1.56. The first kappa shape index (κ1) is 16.3. The van der Waals surface area contributed by atoms with Crippen LogP contribution in [0.2, 0.25) is 0 Å². The lowest BCUT2D eigenvalue weighted by Gasteiger charge is -2.23. The fourth-order valence-electron chi connectivity index (χ4n) is 2.43. The van der Waals surface area contributed by atoms with Crippen LogP contribution in [0, 0.1) is 5.92 Å². The minimum atomic E-state index is -0.325. The van der Waals surface area contributed by atoms with Crippen LogP contribution in [-0.2, 0) is 16.1 Å². The molecule has 2 aromatic rings. The Morgan fingerprint density at radius 1 is 1.25 bits per heavy atom. The standard InChI is InChI=1S/C16H16N4O3S/c1-10(21)18-12-3-2-4-13(7-12)19-15(23)11-8-20-14(22)5-6-17-16(20)24-9-11/h2-7,11H,8-9H2,1H3,(H,18,21)(H,19,23). The van der Waals surface area contributed by atoms with Crippen molar-refractivity contribution >= 4 is 35.0 Å². The second-order valence-corrected chi connectivity index (χ2v) is 6.42. The Bertz CT molecular complexity index is 849. The highest BCUT2D eigenvalue weighted by Gasteiger charge is 2.26. The Hall–Kier alpha value is -2.61. The van der Waals surface area contributed by atoms with Crippen molar-refractivity contribution in [2.75, 3.05) is 16.4 Å². The molecule has 1 atom stereocenters. The first-order valence-electron chi connectivity index (χ1n) is 7.40. The SMILES string of the molecule is CC(=O)Nc1cccc(NC(=O)C2CSc3nccc(=O)n3C2)c1. The first-order valence-corrected chi connectivity index (χ1v) is 8.38. The zero-order chi connectivity index (χ0) is 17.1. The van der Waals surface area contributed by atoms with Gasteiger partial charge in [0.2, 0.25) is 11.8 Å². The van der Waals surface area contributed by atoms with Crippen LogP contribution in [0.3, 0.4) is 0 Å². The molecule has 1 unspecified atom stereocenters. The maximum Gasteiger partial charge on any atom is 0.254 e. The Morgan fingerprint density at radius 2 is 2.00 bits per heavy atom. The Morgan fingerprint density at radius 3 is 2.75 bits per heavy atom. The average molecular weight is 344 g/mol. The number of aromatic nitrogens is 2. The van der Waals surface area contributed by atoms with Gasteiger partial charge in [-0.05, 0) is 18.2 Å². The molecule has 7 nitrogen and oxygen atoms in total. The predicted molar refractivity (Wildman–Crippen MR) is 92.1 cm³/mol. The third-order valence-electron chi connectivity index (χ3n) is 3.54. The summed E-state index contributed by atoms with van der Waals surface area (Å²) in [5, 5.41) is 6.14. The summed E-state index contributed by atoms with van der Waals surface area (Å²) in [5.74, 6) is -0.100. The molecule has 0 aliphatic carbocycles. The number of thioether (sulfide) groups is 1. The summed E-state index contributed by atoms with van der Waals surface area (Å²) in [6.45, 7) is 1.74. The Labute approximate surface area is 142 Å². The molecule has 2 N–H and O–H groups in total. The molecule has 1 aromatic heterocycles. The Kier molecular flexibility index (Phi) is 4.66. The number of rotatable bonds is 3. The number of hydrogen-bond acceptors (Lipinski definition) is 5. The van der Waals surface area contributed by atoms with Crippen molar-refractivity contribution < 1.29 is 9.59 Å². The molecule has 0 spiro atoms. The molecule has 2 heterocycles. The summed E-state index contributed by atoms with van der Waals surface area (Å²) < 4.78 is 1.52. The fraction of sp³-hybridized carbons (Fsp3) is 0.250. The van der Waals surface area contributed by atoms with E-state index in [1.54, 1.807) is 24.3 Å². The van der Waals surface area contributed by atoms with Crippen LogP contribution in [0.5, 0.6) is 0 Å².